The number of carbonyl (C=O) groups is 2. The molecule has 1 N–H and O–H groups in total. The number of ether oxygens (including phenoxy) is 1. The van der Waals surface area contributed by atoms with Gasteiger partial charge < -0.3 is 14.7 Å². The van der Waals surface area contributed by atoms with Gasteiger partial charge in [-0.3, -0.25) is 14.5 Å². The zero-order valence-electron chi connectivity index (χ0n) is 19.4. The van der Waals surface area contributed by atoms with Gasteiger partial charge in [-0.15, -0.1) is 0 Å². The Morgan fingerprint density at radius 3 is 2.35 bits per heavy atom. The van der Waals surface area contributed by atoms with Crippen LogP contribution < -0.4 is 14.5 Å². The normalized spacial score (nSPS) is 17.2. The molecule has 174 valence electrons. The van der Waals surface area contributed by atoms with Crippen LogP contribution in [0.5, 0.6) is 5.75 Å². The lowest BCUT2D eigenvalue weighted by molar-refractivity contribution is -0.132. The van der Waals surface area contributed by atoms with Crippen LogP contribution in [-0.2, 0) is 9.59 Å². The van der Waals surface area contributed by atoms with Crippen LogP contribution in [0.4, 0.5) is 11.4 Å². The number of Topliss-reactive ketones (excluding diaryl/α,β-unsaturated/α-hetero) is 1. The van der Waals surface area contributed by atoms with Crippen molar-refractivity contribution in [2.75, 3.05) is 31.0 Å². The lowest BCUT2D eigenvalue weighted by Gasteiger charge is -2.26. The van der Waals surface area contributed by atoms with Crippen molar-refractivity contribution in [3.63, 3.8) is 0 Å². The van der Waals surface area contributed by atoms with Crippen LogP contribution in [0.3, 0.4) is 0 Å². The number of carbonyl (C=O) groups excluding carboxylic acids is 2. The Morgan fingerprint density at radius 1 is 1.03 bits per heavy atom. The molecule has 1 unspecified atom stereocenters. The number of nitrogens with zero attached hydrogens (tertiary/aromatic N) is 2. The van der Waals surface area contributed by atoms with Gasteiger partial charge in [0.25, 0.3) is 11.7 Å². The predicted octanol–water partition coefficient (Wildman–Crippen LogP) is 5.35. The first-order valence-electron chi connectivity index (χ1n) is 10.7. The third-order valence-corrected chi connectivity index (χ3v) is 6.20. The standard InChI is InChI=1S/C27H25ClN2O4/c1-16-6-5-7-17(14-16)24-23(25(31)21-15-20(34-4)12-13-22(21)28)26(32)27(33)30(24)19-10-8-18(9-11-19)29(2)3/h5-15,24,31H,1-4H3/b25-23+. The SMILES string of the molecule is COc1ccc(Cl)c(/C(O)=C2\C(=O)C(=O)N(c3ccc(N(C)C)cc3)C2c2cccc(C)c2)c1. The molecule has 3 aromatic rings. The number of aliphatic hydroxyl groups excluding tert-OH is 1. The Labute approximate surface area is 203 Å². The highest BCUT2D eigenvalue weighted by Gasteiger charge is 2.47. The summed E-state index contributed by atoms with van der Waals surface area (Å²) in [4.78, 5) is 30.0. The fourth-order valence-corrected chi connectivity index (χ4v) is 4.33. The maximum Gasteiger partial charge on any atom is 0.300 e. The summed E-state index contributed by atoms with van der Waals surface area (Å²) in [5.41, 5.74) is 3.37. The van der Waals surface area contributed by atoms with E-state index in [4.69, 9.17) is 16.3 Å². The molecule has 0 bridgehead atoms. The summed E-state index contributed by atoms with van der Waals surface area (Å²) in [7, 11) is 5.34. The molecule has 6 nitrogen and oxygen atoms in total. The quantitative estimate of drug-likeness (QED) is 0.305. The van der Waals surface area contributed by atoms with E-state index in [0.717, 1.165) is 11.3 Å². The topological polar surface area (TPSA) is 70.1 Å². The maximum absolute atomic E-state index is 13.3. The highest BCUT2D eigenvalue weighted by atomic mass is 35.5. The molecule has 1 atom stereocenters. The van der Waals surface area contributed by atoms with Crippen molar-refractivity contribution in [3.05, 3.63) is 94.0 Å². The number of benzene rings is 3. The first-order chi connectivity index (χ1) is 16.2. The van der Waals surface area contributed by atoms with Crippen LogP contribution in [-0.4, -0.2) is 38.0 Å². The first-order valence-corrected chi connectivity index (χ1v) is 11.1. The Morgan fingerprint density at radius 2 is 1.74 bits per heavy atom. The number of methoxy groups -OCH3 is 1. The van der Waals surface area contributed by atoms with Crippen LogP contribution in [0.25, 0.3) is 5.76 Å². The van der Waals surface area contributed by atoms with Gasteiger partial charge in [0.15, 0.2) is 0 Å². The number of hydrogen-bond donors (Lipinski definition) is 1. The second-order valence-corrected chi connectivity index (χ2v) is 8.75. The molecule has 7 heteroatoms. The van der Waals surface area contributed by atoms with Crippen molar-refractivity contribution in [1.82, 2.24) is 0 Å². The van der Waals surface area contributed by atoms with E-state index in [-0.39, 0.29) is 21.9 Å². The zero-order valence-corrected chi connectivity index (χ0v) is 20.1. The number of amides is 1. The minimum Gasteiger partial charge on any atom is -0.507 e. The summed E-state index contributed by atoms with van der Waals surface area (Å²) in [5.74, 6) is -1.38. The van der Waals surface area contributed by atoms with Crippen molar-refractivity contribution in [1.29, 1.82) is 0 Å². The maximum atomic E-state index is 13.3. The van der Waals surface area contributed by atoms with Crippen molar-refractivity contribution in [2.45, 2.75) is 13.0 Å². The first kappa shape index (κ1) is 23.4. The van der Waals surface area contributed by atoms with Gasteiger partial charge in [-0.25, -0.2) is 0 Å². The van der Waals surface area contributed by atoms with Gasteiger partial charge in [-0.2, -0.15) is 0 Å². The fraction of sp³-hybridized carbons (Fsp3) is 0.185. The van der Waals surface area contributed by atoms with Crippen LogP contribution >= 0.6 is 11.6 Å². The summed E-state index contributed by atoms with van der Waals surface area (Å²) >= 11 is 6.37. The molecule has 1 aliphatic rings. The Kier molecular flexibility index (Phi) is 6.35. The smallest absolute Gasteiger partial charge is 0.300 e. The summed E-state index contributed by atoms with van der Waals surface area (Å²) in [6, 6.07) is 18.8. The summed E-state index contributed by atoms with van der Waals surface area (Å²) < 4.78 is 5.26. The van der Waals surface area contributed by atoms with Crippen LogP contribution in [0, 0.1) is 6.92 Å². The number of hydrogen-bond acceptors (Lipinski definition) is 5. The molecule has 1 saturated heterocycles. The van der Waals surface area contributed by atoms with Gasteiger partial charge in [-0.1, -0.05) is 41.4 Å². The van der Waals surface area contributed by atoms with E-state index in [1.165, 1.54) is 12.0 Å². The van der Waals surface area contributed by atoms with Crippen LogP contribution in [0.15, 0.2) is 72.3 Å². The minimum atomic E-state index is -0.827. The molecular weight excluding hydrogens is 452 g/mol. The van der Waals surface area contributed by atoms with Gasteiger partial charge in [0, 0.05) is 31.0 Å². The van der Waals surface area contributed by atoms with Crippen molar-refractivity contribution >= 4 is 40.4 Å². The Balaban J connectivity index is 1.95. The molecule has 0 spiro atoms. The number of anilines is 2. The Bertz CT molecular complexity index is 1300. The number of halogens is 1. The van der Waals surface area contributed by atoms with Crippen LogP contribution in [0.1, 0.15) is 22.7 Å². The van der Waals surface area contributed by atoms with Gasteiger partial charge in [0.05, 0.1) is 23.7 Å². The number of rotatable bonds is 5. The van der Waals surface area contributed by atoms with Crippen molar-refractivity contribution in [2.24, 2.45) is 0 Å². The zero-order chi connectivity index (χ0) is 24.6. The van der Waals surface area contributed by atoms with E-state index in [1.807, 2.05) is 62.3 Å². The number of aryl methyl sites for hydroxylation is 1. The molecule has 0 saturated carbocycles. The summed E-state index contributed by atoms with van der Waals surface area (Å²) in [6.45, 7) is 1.93. The van der Waals surface area contributed by atoms with Crippen LogP contribution in [0.2, 0.25) is 5.02 Å². The molecule has 3 aromatic carbocycles. The second-order valence-electron chi connectivity index (χ2n) is 8.34. The van der Waals surface area contributed by atoms with E-state index >= 15 is 0 Å². The molecule has 0 radical (unpaired) electrons. The van der Waals surface area contributed by atoms with Crippen molar-refractivity contribution < 1.29 is 19.4 Å². The summed E-state index contributed by atoms with van der Waals surface area (Å²) in [5, 5.41) is 11.6. The highest BCUT2D eigenvalue weighted by Crippen LogP contribution is 2.43. The molecule has 1 fully saturated rings. The molecule has 1 heterocycles. The summed E-state index contributed by atoms with van der Waals surface area (Å²) in [6.07, 6.45) is 0. The number of ketones is 1. The molecular formula is C27H25ClN2O4. The molecule has 34 heavy (non-hydrogen) atoms. The van der Waals surface area contributed by atoms with E-state index in [2.05, 4.69) is 0 Å². The number of aliphatic hydroxyl groups is 1. The minimum absolute atomic E-state index is 0.0255. The predicted molar refractivity (Wildman–Crippen MR) is 135 cm³/mol. The monoisotopic (exact) mass is 476 g/mol. The second kappa shape index (κ2) is 9.23. The molecule has 1 amide bonds. The highest BCUT2D eigenvalue weighted by molar-refractivity contribution is 6.52. The van der Waals surface area contributed by atoms with Gasteiger partial charge >= 0.3 is 0 Å². The van der Waals surface area contributed by atoms with Crippen molar-refractivity contribution in [3.8, 4) is 5.75 Å². The third kappa shape index (κ3) is 4.13. The largest absolute Gasteiger partial charge is 0.507 e. The third-order valence-electron chi connectivity index (χ3n) is 5.88. The average molecular weight is 477 g/mol. The fourth-order valence-electron chi connectivity index (χ4n) is 4.12. The van der Waals surface area contributed by atoms with E-state index in [0.29, 0.717) is 17.0 Å². The lowest BCUT2D eigenvalue weighted by atomic mass is 9.94. The van der Waals surface area contributed by atoms with E-state index in [9.17, 15) is 14.7 Å². The van der Waals surface area contributed by atoms with Gasteiger partial charge in [0.1, 0.15) is 11.5 Å². The average Bonchev–Trinajstić information content (AvgIpc) is 3.09. The van der Waals surface area contributed by atoms with E-state index < -0.39 is 17.7 Å². The Hall–Kier alpha value is -3.77. The van der Waals surface area contributed by atoms with Gasteiger partial charge in [-0.05, 0) is 55.0 Å². The lowest BCUT2D eigenvalue weighted by Crippen LogP contribution is -2.29. The molecule has 4 rings (SSSR count). The van der Waals surface area contributed by atoms with Gasteiger partial charge in [0.2, 0.25) is 0 Å². The van der Waals surface area contributed by atoms with E-state index in [1.54, 1.807) is 30.3 Å². The molecule has 0 aromatic heterocycles. The molecule has 1 aliphatic heterocycles. The molecule has 0 aliphatic carbocycles.